The maximum atomic E-state index is 12.0. The number of aliphatic carboxylic acids is 1. The van der Waals surface area contributed by atoms with Crippen LogP contribution in [0.2, 0.25) is 0 Å². The molecule has 0 saturated heterocycles. The van der Waals surface area contributed by atoms with Gasteiger partial charge in [-0.1, -0.05) is 13.8 Å². The number of carbonyl (C=O) groups is 2. The van der Waals surface area contributed by atoms with E-state index in [1.165, 1.54) is 0 Å². The van der Waals surface area contributed by atoms with E-state index in [4.69, 9.17) is 0 Å². The van der Waals surface area contributed by atoms with Crippen molar-refractivity contribution in [1.82, 2.24) is 15.6 Å². The fourth-order valence-corrected chi connectivity index (χ4v) is 1.97. The first-order valence-electron chi connectivity index (χ1n) is 6.67. The van der Waals surface area contributed by atoms with Crippen LogP contribution in [0.1, 0.15) is 45.2 Å². The lowest BCUT2D eigenvalue weighted by atomic mass is 9.93. The summed E-state index contributed by atoms with van der Waals surface area (Å²) in [6.07, 6.45) is 3.95. The molecule has 0 bridgehead atoms. The highest BCUT2D eigenvalue weighted by Crippen LogP contribution is 2.16. The third-order valence-corrected chi connectivity index (χ3v) is 3.52. The number of hydrogen-bond donors (Lipinski definition) is 3. The molecule has 1 rings (SSSR count). The quantitative estimate of drug-likeness (QED) is 0.743. The van der Waals surface area contributed by atoms with Crippen LogP contribution in [0, 0.1) is 0 Å². The standard InChI is InChI=1S/C14H21N3O3/c1-4-14(5-2,12(18)19)17-13(20)16-10(3)11-6-8-15-9-7-11/h6-10H,4-5H2,1-3H3,(H,18,19)(H2,16,17,20). The molecule has 1 atom stereocenters. The maximum absolute atomic E-state index is 12.0. The van der Waals surface area contributed by atoms with Gasteiger partial charge in [0.15, 0.2) is 0 Å². The SMILES string of the molecule is CCC(CC)(NC(=O)NC(C)c1ccncc1)C(=O)O. The normalized spacial score (nSPS) is 12.6. The van der Waals surface area contributed by atoms with E-state index in [0.717, 1.165) is 5.56 Å². The molecule has 0 aliphatic carbocycles. The molecule has 6 heteroatoms. The topological polar surface area (TPSA) is 91.3 Å². The van der Waals surface area contributed by atoms with Crippen LogP contribution in [0.5, 0.6) is 0 Å². The van der Waals surface area contributed by atoms with Gasteiger partial charge in [-0.25, -0.2) is 9.59 Å². The van der Waals surface area contributed by atoms with Gasteiger partial charge in [-0.3, -0.25) is 4.98 Å². The van der Waals surface area contributed by atoms with Crippen molar-refractivity contribution in [3.63, 3.8) is 0 Å². The van der Waals surface area contributed by atoms with Gasteiger partial charge in [0.05, 0.1) is 6.04 Å². The van der Waals surface area contributed by atoms with Gasteiger partial charge in [-0.2, -0.15) is 0 Å². The first-order chi connectivity index (χ1) is 9.45. The summed E-state index contributed by atoms with van der Waals surface area (Å²) >= 11 is 0. The molecule has 3 N–H and O–H groups in total. The second-order valence-corrected chi connectivity index (χ2v) is 4.70. The predicted octanol–water partition coefficient (Wildman–Crippen LogP) is 2.09. The minimum Gasteiger partial charge on any atom is -0.480 e. The van der Waals surface area contributed by atoms with E-state index in [1.807, 2.05) is 6.92 Å². The average Bonchev–Trinajstić information content (AvgIpc) is 2.45. The third-order valence-electron chi connectivity index (χ3n) is 3.52. The van der Waals surface area contributed by atoms with Crippen LogP contribution in [-0.4, -0.2) is 27.6 Å². The number of carboxylic acids is 1. The largest absolute Gasteiger partial charge is 0.480 e. The third kappa shape index (κ3) is 3.69. The van der Waals surface area contributed by atoms with Crippen LogP contribution in [0.15, 0.2) is 24.5 Å². The Morgan fingerprint density at radius 1 is 1.30 bits per heavy atom. The number of rotatable bonds is 6. The number of aromatic nitrogens is 1. The second-order valence-electron chi connectivity index (χ2n) is 4.70. The zero-order valence-electron chi connectivity index (χ0n) is 12.0. The molecule has 1 aromatic heterocycles. The molecule has 0 aliphatic rings. The molecule has 0 saturated carbocycles. The van der Waals surface area contributed by atoms with Gasteiger partial charge < -0.3 is 15.7 Å². The van der Waals surface area contributed by atoms with Gasteiger partial charge in [0.1, 0.15) is 5.54 Å². The molecule has 0 spiro atoms. The summed E-state index contributed by atoms with van der Waals surface area (Å²) in [7, 11) is 0. The fourth-order valence-electron chi connectivity index (χ4n) is 1.97. The van der Waals surface area contributed by atoms with Crippen LogP contribution in [-0.2, 0) is 4.79 Å². The molecule has 0 fully saturated rings. The molecule has 2 amide bonds. The van der Waals surface area contributed by atoms with E-state index in [0.29, 0.717) is 12.8 Å². The lowest BCUT2D eigenvalue weighted by molar-refractivity contribution is -0.144. The van der Waals surface area contributed by atoms with Crippen molar-refractivity contribution in [3.05, 3.63) is 30.1 Å². The number of carboxylic acid groups (broad SMARTS) is 1. The number of nitrogens with zero attached hydrogens (tertiary/aromatic N) is 1. The van der Waals surface area contributed by atoms with Gasteiger partial charge in [0, 0.05) is 12.4 Å². The Morgan fingerprint density at radius 2 is 1.85 bits per heavy atom. The van der Waals surface area contributed by atoms with Gasteiger partial charge in [-0.05, 0) is 37.5 Å². The molecule has 110 valence electrons. The summed E-state index contributed by atoms with van der Waals surface area (Å²) in [5.74, 6) is -1.02. The molecule has 20 heavy (non-hydrogen) atoms. The maximum Gasteiger partial charge on any atom is 0.329 e. The monoisotopic (exact) mass is 279 g/mol. The molecule has 0 aliphatic heterocycles. The van der Waals surface area contributed by atoms with Crippen LogP contribution in [0.4, 0.5) is 4.79 Å². The first kappa shape index (κ1) is 15.9. The van der Waals surface area contributed by atoms with Crippen molar-refractivity contribution in [2.24, 2.45) is 0 Å². The number of hydrogen-bond acceptors (Lipinski definition) is 3. The second kappa shape index (κ2) is 6.88. The zero-order chi connectivity index (χ0) is 15.2. The highest BCUT2D eigenvalue weighted by molar-refractivity contribution is 5.86. The van der Waals surface area contributed by atoms with E-state index in [-0.39, 0.29) is 6.04 Å². The summed E-state index contributed by atoms with van der Waals surface area (Å²) in [6.45, 7) is 5.31. The van der Waals surface area contributed by atoms with E-state index in [1.54, 1.807) is 38.4 Å². The molecule has 1 heterocycles. The lowest BCUT2D eigenvalue weighted by Gasteiger charge is -2.29. The van der Waals surface area contributed by atoms with Crippen LogP contribution in [0.25, 0.3) is 0 Å². The van der Waals surface area contributed by atoms with Crippen LogP contribution >= 0.6 is 0 Å². The fraction of sp³-hybridized carbons (Fsp3) is 0.500. The Bertz CT molecular complexity index is 458. The zero-order valence-corrected chi connectivity index (χ0v) is 12.0. The summed E-state index contributed by atoms with van der Waals surface area (Å²) in [5, 5.41) is 14.6. The molecule has 1 unspecified atom stereocenters. The Balaban J connectivity index is 2.70. The summed E-state index contributed by atoms with van der Waals surface area (Å²) in [5.41, 5.74) is -0.314. The minimum atomic E-state index is -1.22. The highest BCUT2D eigenvalue weighted by Gasteiger charge is 2.36. The van der Waals surface area contributed by atoms with E-state index >= 15 is 0 Å². The van der Waals surface area contributed by atoms with Gasteiger partial charge >= 0.3 is 12.0 Å². The first-order valence-corrected chi connectivity index (χ1v) is 6.67. The average molecular weight is 279 g/mol. The lowest BCUT2D eigenvalue weighted by Crippen LogP contribution is -2.56. The summed E-state index contributed by atoms with van der Waals surface area (Å²) in [6, 6.07) is 2.89. The Kier molecular flexibility index (Phi) is 5.49. The Hall–Kier alpha value is -2.11. The minimum absolute atomic E-state index is 0.224. The van der Waals surface area contributed by atoms with Gasteiger partial charge in [0.2, 0.25) is 0 Å². The number of amides is 2. The Labute approximate surface area is 118 Å². The number of urea groups is 1. The molecule has 0 radical (unpaired) electrons. The summed E-state index contributed by atoms with van der Waals surface area (Å²) in [4.78, 5) is 27.2. The molecule has 6 nitrogen and oxygen atoms in total. The molecular weight excluding hydrogens is 258 g/mol. The molecule has 1 aromatic rings. The Morgan fingerprint density at radius 3 is 2.30 bits per heavy atom. The number of pyridine rings is 1. The number of carbonyl (C=O) groups excluding carboxylic acids is 1. The van der Waals surface area contributed by atoms with Gasteiger partial charge in [-0.15, -0.1) is 0 Å². The number of nitrogens with one attached hydrogen (secondary N) is 2. The highest BCUT2D eigenvalue weighted by atomic mass is 16.4. The van der Waals surface area contributed by atoms with Crippen molar-refractivity contribution in [2.45, 2.75) is 45.2 Å². The van der Waals surface area contributed by atoms with Crippen molar-refractivity contribution < 1.29 is 14.7 Å². The molecule has 0 aromatic carbocycles. The molecular formula is C14H21N3O3. The van der Waals surface area contributed by atoms with Crippen molar-refractivity contribution >= 4 is 12.0 Å². The van der Waals surface area contributed by atoms with Crippen molar-refractivity contribution in [2.75, 3.05) is 0 Å². The van der Waals surface area contributed by atoms with E-state index in [2.05, 4.69) is 15.6 Å². The van der Waals surface area contributed by atoms with Crippen molar-refractivity contribution in [3.8, 4) is 0 Å². The van der Waals surface area contributed by atoms with Crippen molar-refractivity contribution in [1.29, 1.82) is 0 Å². The van der Waals surface area contributed by atoms with Crippen LogP contribution < -0.4 is 10.6 Å². The van der Waals surface area contributed by atoms with Gasteiger partial charge in [0.25, 0.3) is 0 Å². The van der Waals surface area contributed by atoms with Crippen LogP contribution in [0.3, 0.4) is 0 Å². The summed E-state index contributed by atoms with van der Waals surface area (Å²) < 4.78 is 0. The van der Waals surface area contributed by atoms with E-state index < -0.39 is 17.5 Å². The predicted molar refractivity (Wildman–Crippen MR) is 75.3 cm³/mol. The van der Waals surface area contributed by atoms with E-state index in [9.17, 15) is 14.7 Å². The smallest absolute Gasteiger partial charge is 0.329 e.